The third-order valence-electron chi connectivity index (χ3n) is 10.1. The summed E-state index contributed by atoms with van der Waals surface area (Å²) in [6.07, 6.45) is 11.6. The minimum Gasteiger partial charge on any atom is -0.396 e. The lowest BCUT2D eigenvalue weighted by atomic mass is 9.69. The molecule has 194 valence electrons. The summed E-state index contributed by atoms with van der Waals surface area (Å²) >= 11 is 6.54. The van der Waals surface area contributed by atoms with Gasteiger partial charge in [-0.05, 0) is 92.7 Å². The van der Waals surface area contributed by atoms with Gasteiger partial charge < -0.3 is 5.11 Å². The average molecular weight is 518 g/mol. The van der Waals surface area contributed by atoms with Crippen LogP contribution in [0.4, 0.5) is 0 Å². The zero-order valence-corrected chi connectivity index (χ0v) is 22.2. The highest BCUT2D eigenvalue weighted by Gasteiger charge is 2.46. The number of halogens is 1. The van der Waals surface area contributed by atoms with Gasteiger partial charge in [0.05, 0.1) is 27.0 Å². The lowest BCUT2D eigenvalue weighted by molar-refractivity contribution is 0.126. The minimum atomic E-state index is -0.202. The van der Waals surface area contributed by atoms with Crippen molar-refractivity contribution in [2.75, 3.05) is 19.7 Å². The van der Waals surface area contributed by atoms with E-state index in [-0.39, 0.29) is 11.0 Å². The van der Waals surface area contributed by atoms with Crippen LogP contribution >= 0.6 is 11.6 Å². The predicted octanol–water partition coefficient (Wildman–Crippen LogP) is 5.94. The van der Waals surface area contributed by atoms with E-state index in [4.69, 9.17) is 16.6 Å². The van der Waals surface area contributed by atoms with E-state index in [1.165, 1.54) is 55.3 Å². The second kappa shape index (κ2) is 9.21. The lowest BCUT2D eigenvalue weighted by Crippen LogP contribution is -2.36. The van der Waals surface area contributed by atoms with Crippen molar-refractivity contribution in [1.29, 1.82) is 0 Å². The quantitative estimate of drug-likeness (QED) is 0.467. The first kappa shape index (κ1) is 23.9. The summed E-state index contributed by atoms with van der Waals surface area (Å²) in [5, 5.41) is 10.5. The van der Waals surface area contributed by atoms with Crippen molar-refractivity contribution in [2.24, 2.45) is 5.92 Å². The molecule has 7 rings (SSSR count). The molecule has 1 atom stereocenters. The number of hydrogen-bond donors (Lipinski definition) is 1. The summed E-state index contributed by atoms with van der Waals surface area (Å²) < 4.78 is 2.27. The maximum absolute atomic E-state index is 13.2. The molecule has 3 aromatic rings. The molecule has 2 aliphatic heterocycles. The van der Waals surface area contributed by atoms with Crippen LogP contribution < -0.4 is 5.56 Å². The molecule has 4 aliphatic rings. The van der Waals surface area contributed by atoms with Gasteiger partial charge in [-0.1, -0.05) is 49.1 Å². The maximum Gasteiger partial charge on any atom is 0.282 e. The normalized spacial score (nSPS) is 27.0. The number of benzene rings is 2. The van der Waals surface area contributed by atoms with Gasteiger partial charge in [0.25, 0.3) is 5.56 Å². The van der Waals surface area contributed by atoms with E-state index < -0.39 is 0 Å². The number of rotatable bonds is 3. The fraction of sp³-hybridized carbons (Fsp3) is 0.548. The highest BCUT2D eigenvalue weighted by Crippen LogP contribution is 2.52. The van der Waals surface area contributed by atoms with E-state index in [0.717, 1.165) is 50.1 Å². The number of aromatic nitrogens is 2. The molecule has 3 heterocycles. The zero-order valence-electron chi connectivity index (χ0n) is 21.5. The van der Waals surface area contributed by atoms with E-state index in [0.29, 0.717) is 34.9 Å². The Morgan fingerprint density at radius 3 is 2.62 bits per heavy atom. The summed E-state index contributed by atoms with van der Waals surface area (Å²) in [5.41, 5.74) is 4.46. The molecule has 0 radical (unpaired) electrons. The molecule has 1 spiro atoms. The van der Waals surface area contributed by atoms with Crippen LogP contribution in [0.5, 0.6) is 0 Å². The van der Waals surface area contributed by atoms with Crippen LogP contribution in [0, 0.1) is 5.92 Å². The van der Waals surface area contributed by atoms with Gasteiger partial charge in [-0.3, -0.25) is 14.3 Å². The topological polar surface area (TPSA) is 58.4 Å². The van der Waals surface area contributed by atoms with Gasteiger partial charge in [0.1, 0.15) is 5.82 Å². The molecule has 3 fully saturated rings. The van der Waals surface area contributed by atoms with Crippen LogP contribution in [0.15, 0.2) is 41.2 Å². The molecular formula is C31H36ClN3O2. The van der Waals surface area contributed by atoms with Crippen LogP contribution in [0.25, 0.3) is 16.6 Å². The standard InChI is InChI=1S/C31H36ClN3O2/c32-25-5-4-6-26-28(25)29(37)33-30-31(14-2-1-3-15-31)24-12-9-21(17-27(24)35(26)30)22-13-16-34(18-22)23-10-7-20(19-36)8-11-23/h4-6,9,12,17,20,22-23,36H,1-3,7-8,10-11,13-16,18-19H2. The molecule has 1 saturated heterocycles. The van der Waals surface area contributed by atoms with E-state index in [2.05, 4.69) is 27.7 Å². The van der Waals surface area contributed by atoms with E-state index >= 15 is 0 Å². The number of fused-ring (bicyclic) bond motifs is 7. The molecule has 37 heavy (non-hydrogen) atoms. The summed E-state index contributed by atoms with van der Waals surface area (Å²) in [6.45, 7) is 2.61. The number of nitrogens with zero attached hydrogens (tertiary/aromatic N) is 3. The number of aliphatic hydroxyl groups excluding tert-OH is 1. The van der Waals surface area contributed by atoms with E-state index in [1.54, 1.807) is 6.07 Å². The van der Waals surface area contributed by atoms with Crippen molar-refractivity contribution in [3.63, 3.8) is 0 Å². The number of aliphatic hydroxyl groups is 1. The van der Waals surface area contributed by atoms with Gasteiger partial charge in [0, 0.05) is 19.2 Å². The average Bonchev–Trinajstić information content (AvgIpc) is 3.52. The third-order valence-corrected chi connectivity index (χ3v) is 10.4. The largest absolute Gasteiger partial charge is 0.396 e. The Kier molecular flexibility index (Phi) is 5.95. The van der Waals surface area contributed by atoms with Crippen molar-refractivity contribution in [2.45, 2.75) is 81.6 Å². The minimum absolute atomic E-state index is 0.172. The highest BCUT2D eigenvalue weighted by atomic mass is 35.5. The monoisotopic (exact) mass is 517 g/mol. The van der Waals surface area contributed by atoms with Crippen molar-refractivity contribution in [1.82, 2.24) is 14.5 Å². The van der Waals surface area contributed by atoms with Gasteiger partial charge in [0.15, 0.2) is 0 Å². The number of likely N-dealkylation sites (tertiary alicyclic amines) is 1. The summed E-state index contributed by atoms with van der Waals surface area (Å²) in [6, 6.07) is 13.6. The summed E-state index contributed by atoms with van der Waals surface area (Å²) in [5.74, 6) is 1.95. The summed E-state index contributed by atoms with van der Waals surface area (Å²) in [7, 11) is 0. The molecule has 6 heteroatoms. The fourth-order valence-electron chi connectivity index (χ4n) is 8.04. The first-order valence-corrected chi connectivity index (χ1v) is 14.7. The Morgan fingerprint density at radius 1 is 1.03 bits per heavy atom. The van der Waals surface area contributed by atoms with Gasteiger partial charge in [-0.2, -0.15) is 4.98 Å². The van der Waals surface area contributed by atoms with Crippen LogP contribution in [-0.4, -0.2) is 45.3 Å². The zero-order chi connectivity index (χ0) is 25.1. The molecular weight excluding hydrogens is 482 g/mol. The molecule has 1 unspecified atom stereocenters. The molecule has 1 aromatic heterocycles. The van der Waals surface area contributed by atoms with Gasteiger partial charge >= 0.3 is 0 Å². The van der Waals surface area contributed by atoms with Crippen molar-refractivity contribution in [3.8, 4) is 5.69 Å². The first-order chi connectivity index (χ1) is 18.1. The van der Waals surface area contributed by atoms with Crippen molar-refractivity contribution in [3.05, 3.63) is 68.7 Å². The van der Waals surface area contributed by atoms with Crippen LogP contribution in [0.2, 0.25) is 5.02 Å². The SMILES string of the molecule is O=c1nc2n(c3cccc(Cl)c13)-c1cc(C3CCN(C4CCC(CO)CC4)C3)ccc1C21CCCCC1. The highest BCUT2D eigenvalue weighted by molar-refractivity contribution is 6.35. The molecule has 0 amide bonds. The Hall–Kier alpha value is -2.21. The molecule has 0 bridgehead atoms. The molecule has 1 N–H and O–H groups in total. The van der Waals surface area contributed by atoms with Crippen LogP contribution in [-0.2, 0) is 5.41 Å². The van der Waals surface area contributed by atoms with Crippen LogP contribution in [0.3, 0.4) is 0 Å². The van der Waals surface area contributed by atoms with E-state index in [1.807, 2.05) is 12.1 Å². The summed E-state index contributed by atoms with van der Waals surface area (Å²) in [4.78, 5) is 20.7. The molecule has 2 aromatic carbocycles. The third kappa shape index (κ3) is 3.72. The van der Waals surface area contributed by atoms with Crippen molar-refractivity contribution < 1.29 is 5.11 Å². The molecule has 2 aliphatic carbocycles. The first-order valence-electron chi connectivity index (χ1n) is 14.3. The van der Waals surface area contributed by atoms with Gasteiger partial charge in [-0.25, -0.2) is 0 Å². The Balaban J connectivity index is 1.28. The second-order valence-electron chi connectivity index (χ2n) is 12.0. The Labute approximate surface area is 223 Å². The molecule has 5 nitrogen and oxygen atoms in total. The fourth-order valence-corrected chi connectivity index (χ4v) is 8.29. The smallest absolute Gasteiger partial charge is 0.282 e. The van der Waals surface area contributed by atoms with Crippen LogP contribution in [0.1, 0.15) is 87.1 Å². The van der Waals surface area contributed by atoms with E-state index in [9.17, 15) is 9.90 Å². The molecule has 2 saturated carbocycles. The predicted molar refractivity (Wildman–Crippen MR) is 148 cm³/mol. The Morgan fingerprint density at radius 2 is 1.84 bits per heavy atom. The second-order valence-corrected chi connectivity index (χ2v) is 12.4. The van der Waals surface area contributed by atoms with Gasteiger partial charge in [0.2, 0.25) is 0 Å². The Bertz CT molecular complexity index is 1400. The maximum atomic E-state index is 13.2. The van der Waals surface area contributed by atoms with Crippen molar-refractivity contribution >= 4 is 22.5 Å². The van der Waals surface area contributed by atoms with Gasteiger partial charge in [-0.15, -0.1) is 0 Å². The number of hydrogen-bond acceptors (Lipinski definition) is 4. The lowest BCUT2D eigenvalue weighted by Gasteiger charge is -2.34.